The molecule has 0 heterocycles. The van der Waals surface area contributed by atoms with Gasteiger partial charge in [0.15, 0.2) is 0 Å². The Kier molecular flexibility index (Phi) is 10.8. The Labute approximate surface area is 109 Å². The van der Waals surface area contributed by atoms with Gasteiger partial charge in [0.05, 0.1) is 6.42 Å². The normalized spacial score (nSPS) is 4.22. The zero-order valence-electron chi connectivity index (χ0n) is 9.78. The third-order valence-electron chi connectivity index (χ3n) is 1.11. The van der Waals surface area contributed by atoms with Gasteiger partial charge in [-0.3, -0.25) is 0 Å². The van der Waals surface area contributed by atoms with Crippen molar-refractivity contribution in [2.45, 2.75) is 13.3 Å². The molecule has 0 radical (unpaired) electrons. The van der Waals surface area contributed by atoms with Crippen molar-refractivity contribution in [2.75, 3.05) is 0 Å². The third kappa shape index (κ3) is 12.5. The van der Waals surface area contributed by atoms with Gasteiger partial charge in [0.1, 0.15) is 0 Å². The number of hydrogen-bond acceptors (Lipinski definition) is 0. The minimum absolute atomic E-state index is 0.397. The highest BCUT2D eigenvalue weighted by molar-refractivity contribution is 5.41. The van der Waals surface area contributed by atoms with E-state index < -0.39 is 0 Å². The fraction of sp³-hybridized carbons (Fsp3) is 0.111. The zero-order chi connectivity index (χ0) is 13.3. The molecule has 0 atom stereocenters. The summed E-state index contributed by atoms with van der Waals surface area (Å²) >= 11 is 0. The van der Waals surface area contributed by atoms with E-state index >= 15 is 0 Å². The molecule has 0 fully saturated rings. The first-order valence-corrected chi connectivity index (χ1v) is 4.75. The van der Waals surface area contributed by atoms with Gasteiger partial charge in [0.2, 0.25) is 0 Å². The topological polar surface area (TPSA) is 0 Å². The summed E-state index contributed by atoms with van der Waals surface area (Å²) in [5.41, 5.74) is 0. The zero-order valence-corrected chi connectivity index (χ0v) is 9.78. The maximum Gasteiger partial charge on any atom is 0.0723 e. The lowest BCUT2D eigenvalue weighted by Gasteiger charge is -1.64. The van der Waals surface area contributed by atoms with E-state index in [1.807, 2.05) is 0 Å². The van der Waals surface area contributed by atoms with Crippen LogP contribution in [0, 0.1) is 95.2 Å². The molecule has 0 amide bonds. The molecule has 0 unspecified atom stereocenters. The molecule has 0 saturated carbocycles. The SMILES string of the molecule is C#CC#CC#CC#CCC#CC#CC#CC#CC. The molecule has 0 bridgehead atoms. The van der Waals surface area contributed by atoms with Gasteiger partial charge in [-0.05, 0) is 78.0 Å². The summed E-state index contributed by atoms with van der Waals surface area (Å²) in [4.78, 5) is 0. The second-order valence-corrected chi connectivity index (χ2v) is 2.30. The minimum atomic E-state index is 0.397. The summed E-state index contributed by atoms with van der Waals surface area (Å²) in [5.74, 6) is 38.0. The molecule has 0 rings (SSSR count). The van der Waals surface area contributed by atoms with Crippen molar-refractivity contribution < 1.29 is 0 Å². The minimum Gasteiger partial charge on any atom is -0.106 e. The second-order valence-electron chi connectivity index (χ2n) is 2.30. The van der Waals surface area contributed by atoms with Crippen molar-refractivity contribution in [2.24, 2.45) is 0 Å². The van der Waals surface area contributed by atoms with Crippen molar-refractivity contribution in [1.82, 2.24) is 0 Å². The second kappa shape index (κ2) is 13.5. The quantitative estimate of drug-likeness (QED) is 0.537. The van der Waals surface area contributed by atoms with Crippen LogP contribution in [0.2, 0.25) is 0 Å². The van der Waals surface area contributed by atoms with E-state index in [1.165, 1.54) is 0 Å². The predicted molar refractivity (Wildman–Crippen MR) is 73.6 cm³/mol. The van der Waals surface area contributed by atoms with E-state index in [-0.39, 0.29) is 0 Å². The van der Waals surface area contributed by atoms with E-state index in [0.717, 1.165) is 0 Å². The number of terminal acetylenes is 1. The lowest BCUT2D eigenvalue weighted by atomic mass is 10.4. The first kappa shape index (κ1) is 14.5. The van der Waals surface area contributed by atoms with Gasteiger partial charge in [0, 0.05) is 0 Å². The van der Waals surface area contributed by atoms with E-state index in [2.05, 4.69) is 88.8 Å². The monoisotopic (exact) mass is 222 g/mol. The van der Waals surface area contributed by atoms with Crippen LogP contribution in [0.1, 0.15) is 13.3 Å². The van der Waals surface area contributed by atoms with Gasteiger partial charge in [-0.15, -0.1) is 6.42 Å². The van der Waals surface area contributed by atoms with E-state index in [4.69, 9.17) is 6.42 Å². The highest BCUT2D eigenvalue weighted by Gasteiger charge is 1.63. The third-order valence-corrected chi connectivity index (χ3v) is 1.11. The Morgan fingerprint density at radius 1 is 0.611 bits per heavy atom. The molecule has 0 heteroatoms. The van der Waals surface area contributed by atoms with Crippen LogP contribution in [0.3, 0.4) is 0 Å². The van der Waals surface area contributed by atoms with Crippen LogP contribution in [0.4, 0.5) is 0 Å². The Bertz CT molecular complexity index is 749. The molecule has 0 aliphatic carbocycles. The van der Waals surface area contributed by atoms with Crippen LogP contribution >= 0.6 is 0 Å². The van der Waals surface area contributed by atoms with Crippen molar-refractivity contribution >= 4 is 0 Å². The Hall–Kier alpha value is -3.52. The molecule has 78 valence electrons. The predicted octanol–water partition coefficient (Wildman–Crippen LogP) is 1.05. The lowest BCUT2D eigenvalue weighted by Crippen LogP contribution is -1.60. The lowest BCUT2D eigenvalue weighted by molar-refractivity contribution is 1.57. The average Bonchev–Trinajstić information content (AvgIpc) is 2.39. The van der Waals surface area contributed by atoms with Crippen LogP contribution < -0.4 is 0 Å². The summed E-state index contributed by atoms with van der Waals surface area (Å²) < 4.78 is 0. The van der Waals surface area contributed by atoms with Gasteiger partial charge >= 0.3 is 0 Å². The first-order chi connectivity index (χ1) is 8.91. The maximum absolute atomic E-state index is 4.90. The molecule has 18 heavy (non-hydrogen) atoms. The molecule has 0 aliphatic rings. The van der Waals surface area contributed by atoms with Crippen molar-refractivity contribution in [3.63, 3.8) is 0 Å². The van der Waals surface area contributed by atoms with Crippen LogP contribution in [-0.4, -0.2) is 0 Å². The summed E-state index contributed by atoms with van der Waals surface area (Å²) in [7, 11) is 0. The van der Waals surface area contributed by atoms with E-state index in [1.54, 1.807) is 6.92 Å². The Morgan fingerprint density at radius 3 is 1.56 bits per heavy atom. The fourth-order valence-corrected chi connectivity index (χ4v) is 0.538. The highest BCUT2D eigenvalue weighted by Crippen LogP contribution is 1.68. The van der Waals surface area contributed by atoms with Crippen LogP contribution in [0.25, 0.3) is 0 Å². The summed E-state index contributed by atoms with van der Waals surface area (Å²) in [6.07, 6.45) is 5.30. The van der Waals surface area contributed by atoms with E-state index in [9.17, 15) is 0 Å². The van der Waals surface area contributed by atoms with Crippen molar-refractivity contribution in [1.29, 1.82) is 0 Å². The van der Waals surface area contributed by atoms with E-state index in [0.29, 0.717) is 6.42 Å². The van der Waals surface area contributed by atoms with Crippen LogP contribution in [-0.2, 0) is 0 Å². The highest BCUT2D eigenvalue weighted by atomic mass is 13.7. The smallest absolute Gasteiger partial charge is 0.0723 e. The van der Waals surface area contributed by atoms with Crippen LogP contribution in [0.15, 0.2) is 0 Å². The molecule has 0 N–H and O–H groups in total. The van der Waals surface area contributed by atoms with Gasteiger partial charge in [0.25, 0.3) is 0 Å². The maximum atomic E-state index is 4.90. The van der Waals surface area contributed by atoms with Gasteiger partial charge in [-0.25, -0.2) is 0 Å². The van der Waals surface area contributed by atoms with Gasteiger partial charge < -0.3 is 0 Å². The Balaban J connectivity index is 4.11. The first-order valence-electron chi connectivity index (χ1n) is 4.75. The summed E-state index contributed by atoms with van der Waals surface area (Å²) in [5, 5.41) is 0. The van der Waals surface area contributed by atoms with Gasteiger partial charge in [-0.2, -0.15) is 0 Å². The average molecular weight is 222 g/mol. The number of hydrogen-bond donors (Lipinski definition) is 0. The van der Waals surface area contributed by atoms with Crippen LogP contribution in [0.5, 0.6) is 0 Å². The molecule has 0 saturated heterocycles. The fourth-order valence-electron chi connectivity index (χ4n) is 0.538. The number of rotatable bonds is 0. The molecule has 0 aliphatic heterocycles. The van der Waals surface area contributed by atoms with Crippen molar-refractivity contribution in [3.05, 3.63) is 0 Å². The largest absolute Gasteiger partial charge is 0.106 e. The molecule has 0 nitrogen and oxygen atoms in total. The molecule has 0 aromatic heterocycles. The molecule has 0 spiro atoms. The molecular formula is C18H6. The molecule has 0 aromatic carbocycles. The Morgan fingerprint density at radius 2 is 1.06 bits per heavy atom. The summed E-state index contributed by atoms with van der Waals surface area (Å²) in [6, 6.07) is 0. The summed E-state index contributed by atoms with van der Waals surface area (Å²) in [6.45, 7) is 1.71. The van der Waals surface area contributed by atoms with Crippen molar-refractivity contribution in [3.8, 4) is 95.2 Å². The molecule has 0 aromatic rings. The molecular weight excluding hydrogens is 216 g/mol. The standard InChI is InChI=1S/C18H6/c1-3-5-7-9-11-13-15-17-18-16-14-12-10-8-6-4-2/h1H,17H2,2H3. The van der Waals surface area contributed by atoms with Gasteiger partial charge in [-0.1, -0.05) is 17.8 Å².